The molecule has 0 aliphatic carbocycles. The Balaban J connectivity index is 1.60. The molecule has 3 aromatic rings. The SMILES string of the molecule is COC1(C)NN(c2cncc(O)c2)C=C1C(=O)Nc1cccc(-c2nncn2C(C)C)n1. The van der Waals surface area contributed by atoms with Crippen LogP contribution in [-0.2, 0) is 9.53 Å². The molecule has 0 fully saturated rings. The summed E-state index contributed by atoms with van der Waals surface area (Å²) in [6.45, 7) is 5.78. The van der Waals surface area contributed by atoms with Gasteiger partial charge in [0.05, 0.1) is 23.7 Å². The fourth-order valence-electron chi connectivity index (χ4n) is 3.31. The predicted octanol–water partition coefficient (Wildman–Crippen LogP) is 2.23. The summed E-state index contributed by atoms with van der Waals surface area (Å²) >= 11 is 0. The van der Waals surface area contributed by atoms with Crippen LogP contribution in [0.25, 0.3) is 11.5 Å². The van der Waals surface area contributed by atoms with Crippen LogP contribution < -0.4 is 15.8 Å². The van der Waals surface area contributed by atoms with Crippen molar-refractivity contribution in [2.45, 2.75) is 32.5 Å². The zero-order chi connectivity index (χ0) is 22.9. The number of aromatic hydroxyl groups is 1. The largest absolute Gasteiger partial charge is 0.506 e. The van der Waals surface area contributed by atoms with Crippen molar-refractivity contribution in [2.24, 2.45) is 0 Å². The van der Waals surface area contributed by atoms with Crippen LogP contribution in [0.2, 0.25) is 0 Å². The number of rotatable bonds is 6. The van der Waals surface area contributed by atoms with Crippen molar-refractivity contribution in [1.29, 1.82) is 0 Å². The van der Waals surface area contributed by atoms with E-state index < -0.39 is 11.6 Å². The quantitative estimate of drug-likeness (QED) is 0.532. The van der Waals surface area contributed by atoms with Gasteiger partial charge in [0.15, 0.2) is 11.5 Å². The molecule has 1 aliphatic heterocycles. The molecular weight excluding hydrogens is 412 g/mol. The smallest absolute Gasteiger partial charge is 0.258 e. The number of carbonyl (C=O) groups is 1. The van der Waals surface area contributed by atoms with Crippen LogP contribution in [0.5, 0.6) is 5.75 Å². The number of pyridine rings is 2. The second kappa shape index (κ2) is 8.36. The number of hydrogen-bond donors (Lipinski definition) is 3. The van der Waals surface area contributed by atoms with Crippen molar-refractivity contribution >= 4 is 17.4 Å². The number of nitrogens with one attached hydrogen (secondary N) is 2. The average Bonchev–Trinajstić information content (AvgIpc) is 3.39. The average molecular weight is 436 g/mol. The second-order valence-corrected chi connectivity index (χ2v) is 7.68. The first-order chi connectivity index (χ1) is 15.3. The van der Waals surface area contributed by atoms with E-state index in [4.69, 9.17) is 4.74 Å². The van der Waals surface area contributed by atoms with Crippen molar-refractivity contribution in [3.8, 4) is 17.3 Å². The normalized spacial score (nSPS) is 18.2. The molecule has 4 rings (SSSR count). The fraction of sp³-hybridized carbons (Fsp3) is 0.286. The first kappa shape index (κ1) is 21.4. The molecule has 0 saturated heterocycles. The Morgan fingerprint density at radius 3 is 2.84 bits per heavy atom. The van der Waals surface area contributed by atoms with Gasteiger partial charge in [-0.05, 0) is 32.9 Å². The Morgan fingerprint density at radius 1 is 1.31 bits per heavy atom. The highest BCUT2D eigenvalue weighted by Gasteiger charge is 2.41. The molecule has 1 aliphatic rings. The van der Waals surface area contributed by atoms with E-state index in [1.54, 1.807) is 42.8 Å². The summed E-state index contributed by atoms with van der Waals surface area (Å²) in [4.78, 5) is 21.6. The van der Waals surface area contributed by atoms with E-state index in [0.717, 1.165) is 0 Å². The molecule has 11 heteroatoms. The van der Waals surface area contributed by atoms with E-state index in [1.807, 2.05) is 24.5 Å². The molecular formula is C21H24N8O3. The number of anilines is 2. The van der Waals surface area contributed by atoms with Crippen molar-refractivity contribution in [2.75, 3.05) is 17.4 Å². The van der Waals surface area contributed by atoms with E-state index in [9.17, 15) is 9.90 Å². The third-order valence-corrected chi connectivity index (χ3v) is 5.10. The summed E-state index contributed by atoms with van der Waals surface area (Å²) in [7, 11) is 1.50. The molecule has 3 aromatic heterocycles. The summed E-state index contributed by atoms with van der Waals surface area (Å²) in [5, 5.41) is 22.2. The number of hydrogen-bond acceptors (Lipinski definition) is 9. The van der Waals surface area contributed by atoms with E-state index in [0.29, 0.717) is 28.6 Å². The number of hydrazine groups is 1. The van der Waals surface area contributed by atoms with Crippen molar-refractivity contribution in [3.05, 3.63) is 54.8 Å². The molecule has 0 bridgehead atoms. The van der Waals surface area contributed by atoms with Crippen molar-refractivity contribution in [3.63, 3.8) is 0 Å². The predicted molar refractivity (Wildman–Crippen MR) is 117 cm³/mol. The Labute approximate surface area is 184 Å². The molecule has 3 N–H and O–H groups in total. The standard InChI is InChI=1S/C21H24N8O3/c1-13(2)28-12-23-26-19(28)17-6-5-7-18(24-17)25-20(31)16-11-29(27-21(16,3)32-4)14-8-15(30)10-22-9-14/h5-13,27,30H,1-4H3,(H,24,25,31). The van der Waals surface area contributed by atoms with Gasteiger partial charge >= 0.3 is 0 Å². The monoisotopic (exact) mass is 436 g/mol. The maximum atomic E-state index is 13.1. The molecule has 1 unspecified atom stereocenters. The van der Waals surface area contributed by atoms with Gasteiger partial charge in [0.1, 0.15) is 23.6 Å². The third-order valence-electron chi connectivity index (χ3n) is 5.10. The minimum absolute atomic E-state index is 0.00462. The molecule has 4 heterocycles. The van der Waals surface area contributed by atoms with Gasteiger partial charge in [-0.1, -0.05) is 6.07 Å². The van der Waals surface area contributed by atoms with E-state index in [2.05, 4.69) is 30.9 Å². The summed E-state index contributed by atoms with van der Waals surface area (Å²) in [6.07, 6.45) is 6.12. The van der Waals surface area contributed by atoms with Crippen LogP contribution >= 0.6 is 0 Å². The minimum Gasteiger partial charge on any atom is -0.506 e. The number of methoxy groups -OCH3 is 1. The van der Waals surface area contributed by atoms with Gasteiger partial charge in [-0.25, -0.2) is 4.98 Å². The van der Waals surface area contributed by atoms with Gasteiger partial charge in [-0.3, -0.25) is 14.8 Å². The Kier molecular flexibility index (Phi) is 5.59. The van der Waals surface area contributed by atoms with E-state index in [-0.39, 0.29) is 11.8 Å². The molecule has 0 saturated carbocycles. The maximum Gasteiger partial charge on any atom is 0.258 e. The Bertz CT molecular complexity index is 1180. The van der Waals surface area contributed by atoms with Gasteiger partial charge in [-0.15, -0.1) is 10.2 Å². The lowest BCUT2D eigenvalue weighted by Crippen LogP contribution is -2.49. The Morgan fingerprint density at radius 2 is 2.12 bits per heavy atom. The molecule has 166 valence electrons. The maximum absolute atomic E-state index is 13.1. The van der Waals surface area contributed by atoms with Gasteiger partial charge < -0.3 is 19.7 Å². The van der Waals surface area contributed by atoms with E-state index in [1.165, 1.54) is 19.4 Å². The highest BCUT2D eigenvalue weighted by Crippen LogP contribution is 2.30. The topological polar surface area (TPSA) is 130 Å². The highest BCUT2D eigenvalue weighted by atomic mass is 16.5. The first-order valence-corrected chi connectivity index (χ1v) is 9.97. The van der Waals surface area contributed by atoms with Gasteiger partial charge in [0.25, 0.3) is 5.91 Å². The number of carbonyl (C=O) groups excluding carboxylic acids is 1. The zero-order valence-electron chi connectivity index (χ0n) is 18.1. The van der Waals surface area contributed by atoms with Crippen molar-refractivity contribution in [1.82, 2.24) is 30.2 Å². The molecule has 0 spiro atoms. The summed E-state index contributed by atoms with van der Waals surface area (Å²) in [6, 6.07) is 6.98. The minimum atomic E-state index is -1.11. The fourth-order valence-corrected chi connectivity index (χ4v) is 3.31. The summed E-state index contributed by atoms with van der Waals surface area (Å²) in [5.74, 6) is 0.585. The number of aromatic nitrogens is 5. The van der Waals surface area contributed by atoms with Crippen LogP contribution in [0.1, 0.15) is 26.8 Å². The highest BCUT2D eigenvalue weighted by molar-refractivity contribution is 6.05. The van der Waals surface area contributed by atoms with Gasteiger partial charge in [0.2, 0.25) is 0 Å². The molecule has 32 heavy (non-hydrogen) atoms. The first-order valence-electron chi connectivity index (χ1n) is 9.97. The molecule has 0 radical (unpaired) electrons. The molecule has 0 aromatic carbocycles. The number of ether oxygens (including phenoxy) is 1. The van der Waals surface area contributed by atoms with Crippen LogP contribution in [-0.4, -0.2) is 48.6 Å². The lowest BCUT2D eigenvalue weighted by Gasteiger charge is -2.28. The Hall–Kier alpha value is -3.83. The van der Waals surface area contributed by atoms with Crippen LogP contribution in [0.15, 0.2) is 54.8 Å². The summed E-state index contributed by atoms with van der Waals surface area (Å²) in [5.41, 5.74) is 3.45. The number of amides is 1. The third kappa shape index (κ3) is 4.03. The number of nitrogens with zero attached hydrogens (tertiary/aromatic N) is 6. The molecule has 11 nitrogen and oxygen atoms in total. The molecule has 1 atom stereocenters. The van der Waals surface area contributed by atoms with Crippen LogP contribution in [0.4, 0.5) is 11.5 Å². The zero-order valence-corrected chi connectivity index (χ0v) is 18.1. The summed E-state index contributed by atoms with van der Waals surface area (Å²) < 4.78 is 7.47. The second-order valence-electron chi connectivity index (χ2n) is 7.68. The lowest BCUT2D eigenvalue weighted by atomic mass is 10.1. The van der Waals surface area contributed by atoms with Crippen LogP contribution in [0, 0.1) is 0 Å². The van der Waals surface area contributed by atoms with E-state index >= 15 is 0 Å². The lowest BCUT2D eigenvalue weighted by molar-refractivity contribution is -0.115. The van der Waals surface area contributed by atoms with Crippen molar-refractivity contribution < 1.29 is 14.6 Å². The van der Waals surface area contributed by atoms with Gasteiger partial charge in [-0.2, -0.15) is 5.43 Å². The van der Waals surface area contributed by atoms with Crippen LogP contribution in [0.3, 0.4) is 0 Å². The van der Waals surface area contributed by atoms with Gasteiger partial charge in [0, 0.05) is 25.4 Å². The molecule has 1 amide bonds.